The maximum atomic E-state index is 12.5. The van der Waals surface area contributed by atoms with Gasteiger partial charge in [-0.3, -0.25) is 4.79 Å². The summed E-state index contributed by atoms with van der Waals surface area (Å²) in [6, 6.07) is 0. The van der Waals surface area contributed by atoms with Gasteiger partial charge in [0.25, 0.3) is 0 Å². The molecule has 0 spiro atoms. The van der Waals surface area contributed by atoms with Crippen LogP contribution in [0.4, 0.5) is 13.2 Å². The summed E-state index contributed by atoms with van der Waals surface area (Å²) in [6.07, 6.45) is -4.38. The average Bonchev–Trinajstić information content (AvgIpc) is 2.59. The van der Waals surface area contributed by atoms with Crippen LogP contribution in [0.25, 0.3) is 0 Å². The van der Waals surface area contributed by atoms with Crippen molar-refractivity contribution in [2.75, 3.05) is 25.6 Å². The molecule has 1 amide bonds. The van der Waals surface area contributed by atoms with Crippen LogP contribution in [0.1, 0.15) is 0 Å². The largest absolute Gasteiger partial charge is 0.396 e. The van der Waals surface area contributed by atoms with Crippen LogP contribution >= 0.6 is 11.6 Å². The molecule has 1 fully saturated rings. The first kappa shape index (κ1) is 12.6. The second kappa shape index (κ2) is 4.57. The molecular weight excluding hydrogens is 235 g/mol. The van der Waals surface area contributed by atoms with Gasteiger partial charge < -0.3 is 10.0 Å². The lowest BCUT2D eigenvalue weighted by Gasteiger charge is -2.18. The number of hydrogen-bond acceptors (Lipinski definition) is 2. The monoisotopic (exact) mass is 245 g/mol. The van der Waals surface area contributed by atoms with E-state index < -0.39 is 37.1 Å². The predicted octanol–water partition coefficient (Wildman–Crippen LogP) is 0.854. The van der Waals surface area contributed by atoms with Gasteiger partial charge in [0, 0.05) is 25.6 Å². The van der Waals surface area contributed by atoms with E-state index in [-0.39, 0.29) is 12.4 Å². The molecule has 0 unspecified atom stereocenters. The van der Waals surface area contributed by atoms with Crippen LogP contribution in [0, 0.1) is 11.8 Å². The molecule has 3 nitrogen and oxygen atoms in total. The van der Waals surface area contributed by atoms with E-state index in [0.717, 1.165) is 4.90 Å². The van der Waals surface area contributed by atoms with E-state index in [0.29, 0.717) is 0 Å². The second-order valence-corrected chi connectivity index (χ2v) is 3.79. The van der Waals surface area contributed by atoms with Crippen molar-refractivity contribution in [1.29, 1.82) is 0 Å². The van der Waals surface area contributed by atoms with Gasteiger partial charge in [-0.25, -0.2) is 0 Å². The van der Waals surface area contributed by atoms with Gasteiger partial charge in [-0.05, 0) is 0 Å². The van der Waals surface area contributed by atoms with Gasteiger partial charge in [0.2, 0.25) is 5.91 Å². The molecule has 1 aliphatic rings. The smallest absolute Gasteiger partial charge is 0.393 e. The number of amides is 1. The molecule has 0 saturated carbocycles. The molecule has 1 heterocycles. The third kappa shape index (κ3) is 2.75. The predicted molar refractivity (Wildman–Crippen MR) is 47.4 cm³/mol. The number of hydrogen-bond donors (Lipinski definition) is 1. The van der Waals surface area contributed by atoms with E-state index in [4.69, 9.17) is 16.7 Å². The molecule has 0 aromatic rings. The summed E-state index contributed by atoms with van der Waals surface area (Å²) in [4.78, 5) is 12.1. The highest BCUT2D eigenvalue weighted by atomic mass is 35.5. The first-order valence-corrected chi connectivity index (χ1v) is 4.95. The van der Waals surface area contributed by atoms with Crippen molar-refractivity contribution in [2.45, 2.75) is 6.18 Å². The molecule has 1 saturated heterocycles. The Morgan fingerprint density at radius 2 is 2.07 bits per heavy atom. The van der Waals surface area contributed by atoms with Crippen LogP contribution in [-0.2, 0) is 4.79 Å². The normalized spacial score (nSPS) is 27.1. The fourth-order valence-electron chi connectivity index (χ4n) is 1.72. The Morgan fingerprint density at radius 3 is 2.40 bits per heavy atom. The minimum Gasteiger partial charge on any atom is -0.396 e. The molecule has 0 aromatic carbocycles. The summed E-state index contributed by atoms with van der Waals surface area (Å²) >= 11 is 5.25. The zero-order valence-corrected chi connectivity index (χ0v) is 8.55. The van der Waals surface area contributed by atoms with Crippen molar-refractivity contribution in [3.8, 4) is 0 Å². The van der Waals surface area contributed by atoms with Crippen LogP contribution in [-0.4, -0.2) is 47.7 Å². The van der Waals surface area contributed by atoms with Gasteiger partial charge in [-0.2, -0.15) is 13.2 Å². The molecule has 1 rings (SSSR count). The lowest BCUT2D eigenvalue weighted by molar-refractivity contribution is -0.183. The molecule has 1 N–H and O–H groups in total. The van der Waals surface area contributed by atoms with E-state index in [1.165, 1.54) is 0 Å². The van der Waals surface area contributed by atoms with Crippen LogP contribution in [0.3, 0.4) is 0 Å². The van der Waals surface area contributed by atoms with E-state index in [1.54, 1.807) is 0 Å². The summed E-state index contributed by atoms with van der Waals surface area (Å²) in [5, 5.41) is 8.80. The number of rotatable bonds is 2. The summed E-state index contributed by atoms with van der Waals surface area (Å²) < 4.78 is 37.4. The minimum atomic E-state index is -4.38. The molecule has 88 valence electrons. The highest BCUT2D eigenvalue weighted by Gasteiger charge is 2.50. The summed E-state index contributed by atoms with van der Waals surface area (Å²) in [5.41, 5.74) is 0. The third-order valence-corrected chi connectivity index (χ3v) is 2.79. The van der Waals surface area contributed by atoms with Crippen molar-refractivity contribution in [2.24, 2.45) is 11.8 Å². The Morgan fingerprint density at radius 1 is 1.47 bits per heavy atom. The number of nitrogens with zero attached hydrogens (tertiary/aromatic N) is 1. The zero-order valence-electron chi connectivity index (χ0n) is 7.80. The molecule has 0 radical (unpaired) electrons. The van der Waals surface area contributed by atoms with Crippen molar-refractivity contribution in [3.05, 3.63) is 0 Å². The fraction of sp³-hybridized carbons (Fsp3) is 0.875. The van der Waals surface area contributed by atoms with Gasteiger partial charge in [-0.1, -0.05) is 0 Å². The van der Waals surface area contributed by atoms with Crippen molar-refractivity contribution < 1.29 is 23.1 Å². The van der Waals surface area contributed by atoms with Crippen LogP contribution in [0.5, 0.6) is 0 Å². The Kier molecular flexibility index (Phi) is 3.83. The molecule has 15 heavy (non-hydrogen) atoms. The Balaban J connectivity index is 2.71. The topological polar surface area (TPSA) is 40.5 Å². The van der Waals surface area contributed by atoms with Crippen LogP contribution in [0.2, 0.25) is 0 Å². The molecule has 2 atom stereocenters. The minimum absolute atomic E-state index is 0.0772. The van der Waals surface area contributed by atoms with Gasteiger partial charge in [0.15, 0.2) is 0 Å². The third-order valence-electron chi connectivity index (χ3n) is 2.56. The molecule has 1 aliphatic heterocycles. The number of halogens is 4. The molecule has 0 aliphatic carbocycles. The van der Waals surface area contributed by atoms with Crippen molar-refractivity contribution in [1.82, 2.24) is 4.90 Å². The van der Waals surface area contributed by atoms with E-state index in [1.807, 2.05) is 0 Å². The highest BCUT2D eigenvalue weighted by molar-refractivity contribution is 6.27. The summed E-state index contributed by atoms with van der Waals surface area (Å²) in [7, 11) is 0. The lowest BCUT2D eigenvalue weighted by atomic mass is 9.97. The molecular formula is C8H11ClF3NO2. The SMILES string of the molecule is O=C(CCl)N1C[C@@H](CO)[C@H](C(F)(F)F)C1. The summed E-state index contributed by atoms with van der Waals surface area (Å²) in [5.74, 6) is -3.43. The number of aliphatic hydroxyl groups is 1. The van der Waals surface area contributed by atoms with Crippen LogP contribution < -0.4 is 0 Å². The van der Waals surface area contributed by atoms with Crippen LogP contribution in [0.15, 0.2) is 0 Å². The van der Waals surface area contributed by atoms with E-state index in [9.17, 15) is 18.0 Å². The van der Waals surface area contributed by atoms with E-state index >= 15 is 0 Å². The average molecular weight is 246 g/mol. The Hall–Kier alpha value is -0.490. The van der Waals surface area contributed by atoms with Gasteiger partial charge in [0.05, 0.1) is 5.92 Å². The first-order chi connectivity index (χ1) is 6.90. The van der Waals surface area contributed by atoms with Gasteiger partial charge in [-0.15, -0.1) is 11.6 Å². The van der Waals surface area contributed by atoms with Crippen molar-refractivity contribution in [3.63, 3.8) is 0 Å². The van der Waals surface area contributed by atoms with E-state index in [2.05, 4.69) is 0 Å². The van der Waals surface area contributed by atoms with Gasteiger partial charge in [0.1, 0.15) is 5.88 Å². The first-order valence-electron chi connectivity index (χ1n) is 4.41. The quantitative estimate of drug-likeness (QED) is 0.733. The molecule has 0 aromatic heterocycles. The number of carbonyl (C=O) groups excluding carboxylic acids is 1. The Labute approximate surface area is 89.8 Å². The number of carbonyl (C=O) groups is 1. The second-order valence-electron chi connectivity index (χ2n) is 3.52. The summed E-state index contributed by atoms with van der Waals surface area (Å²) in [6.45, 7) is -1.05. The fourth-order valence-corrected chi connectivity index (χ4v) is 1.88. The van der Waals surface area contributed by atoms with Crippen molar-refractivity contribution >= 4 is 17.5 Å². The number of alkyl halides is 4. The van der Waals surface area contributed by atoms with Gasteiger partial charge >= 0.3 is 6.18 Å². The number of aliphatic hydroxyl groups excluding tert-OH is 1. The standard InChI is InChI=1S/C8H11ClF3NO2/c9-1-7(15)13-2-5(4-14)6(3-13)8(10,11)12/h5-6,14H,1-4H2/t5-,6+/m0/s1. The number of likely N-dealkylation sites (tertiary alicyclic amines) is 1. The highest BCUT2D eigenvalue weighted by Crippen LogP contribution is 2.37. The molecule has 7 heteroatoms. The molecule has 0 bridgehead atoms. The maximum Gasteiger partial charge on any atom is 0.393 e. The Bertz CT molecular complexity index is 247. The maximum absolute atomic E-state index is 12.5. The zero-order chi connectivity index (χ0) is 11.6. The lowest BCUT2D eigenvalue weighted by Crippen LogP contribution is -2.33.